The minimum atomic E-state index is -0.198. The molecule has 1 unspecified atom stereocenters. The second-order valence-corrected chi connectivity index (χ2v) is 9.48. The minimum Gasteiger partial charge on any atom is -0.508 e. The van der Waals surface area contributed by atoms with E-state index >= 15 is 0 Å². The fourth-order valence-electron chi connectivity index (χ4n) is 4.49. The number of hydrogen-bond donors (Lipinski definition) is 2. The number of hydrogen-bond acceptors (Lipinski definition) is 5. The van der Waals surface area contributed by atoms with Crippen LogP contribution in [0.2, 0.25) is 5.02 Å². The van der Waals surface area contributed by atoms with Crippen molar-refractivity contribution in [2.75, 3.05) is 56.0 Å². The van der Waals surface area contributed by atoms with E-state index in [1.54, 1.807) is 6.07 Å². The lowest BCUT2D eigenvalue weighted by Crippen LogP contribution is -2.51. The maximum atomic E-state index is 12.9. The van der Waals surface area contributed by atoms with E-state index in [9.17, 15) is 14.7 Å². The fourth-order valence-corrected chi connectivity index (χ4v) is 4.71. The highest BCUT2D eigenvalue weighted by molar-refractivity contribution is 6.33. The summed E-state index contributed by atoms with van der Waals surface area (Å²) >= 11 is 6.09. The summed E-state index contributed by atoms with van der Waals surface area (Å²) in [5.74, 6) is -0.152. The van der Waals surface area contributed by atoms with Crippen LogP contribution in [0.25, 0.3) is 5.57 Å². The molecule has 2 aromatic rings. The molecule has 0 saturated carbocycles. The molecule has 8 heteroatoms. The van der Waals surface area contributed by atoms with Crippen LogP contribution in [0.15, 0.2) is 49.0 Å². The van der Waals surface area contributed by atoms with Gasteiger partial charge in [-0.05, 0) is 49.7 Å². The quantitative estimate of drug-likeness (QED) is 0.614. The largest absolute Gasteiger partial charge is 0.508 e. The molecule has 0 aromatic heterocycles. The van der Waals surface area contributed by atoms with Gasteiger partial charge in [0.15, 0.2) is 0 Å². The molecule has 2 fully saturated rings. The number of benzene rings is 2. The third kappa shape index (κ3) is 5.72. The van der Waals surface area contributed by atoms with Crippen LogP contribution in [0.1, 0.15) is 18.9 Å². The van der Waals surface area contributed by atoms with Gasteiger partial charge in [0, 0.05) is 44.5 Å². The number of rotatable bonds is 6. The number of aromatic hydroxyl groups is 1. The van der Waals surface area contributed by atoms with Crippen LogP contribution in [0.5, 0.6) is 5.75 Å². The fraction of sp³-hybridized carbons (Fsp3) is 0.385. The first-order chi connectivity index (χ1) is 16.3. The van der Waals surface area contributed by atoms with Crippen molar-refractivity contribution in [3.05, 3.63) is 59.6 Å². The summed E-state index contributed by atoms with van der Waals surface area (Å²) in [4.78, 5) is 31.8. The molecule has 0 aliphatic carbocycles. The summed E-state index contributed by atoms with van der Waals surface area (Å²) in [6.45, 7) is 10.6. The van der Waals surface area contributed by atoms with Gasteiger partial charge in [-0.1, -0.05) is 35.9 Å². The van der Waals surface area contributed by atoms with E-state index in [1.807, 2.05) is 16.7 Å². The number of anilines is 2. The summed E-state index contributed by atoms with van der Waals surface area (Å²) < 4.78 is 0. The van der Waals surface area contributed by atoms with Crippen LogP contribution in [-0.4, -0.2) is 72.5 Å². The Morgan fingerprint density at radius 2 is 1.79 bits per heavy atom. The zero-order valence-corrected chi connectivity index (χ0v) is 20.2. The normalized spacial score (nSPS) is 18.7. The van der Waals surface area contributed by atoms with Crippen LogP contribution in [0.4, 0.5) is 11.4 Å². The van der Waals surface area contributed by atoms with Crippen LogP contribution in [0.3, 0.4) is 0 Å². The molecule has 2 N–H and O–H groups in total. The number of amides is 2. The molecular formula is C26H31ClN4O3. The number of nitrogens with one attached hydrogen (secondary N) is 1. The predicted molar refractivity (Wildman–Crippen MR) is 136 cm³/mol. The number of phenols is 1. The second-order valence-electron chi connectivity index (χ2n) is 9.07. The first-order valence-corrected chi connectivity index (χ1v) is 12.0. The Morgan fingerprint density at radius 1 is 1.09 bits per heavy atom. The molecule has 34 heavy (non-hydrogen) atoms. The van der Waals surface area contributed by atoms with Gasteiger partial charge < -0.3 is 20.2 Å². The zero-order valence-electron chi connectivity index (χ0n) is 19.5. The molecule has 4 rings (SSSR count). The van der Waals surface area contributed by atoms with Crippen molar-refractivity contribution in [2.24, 2.45) is 5.92 Å². The van der Waals surface area contributed by atoms with E-state index in [1.165, 1.54) is 17.8 Å². The van der Waals surface area contributed by atoms with Gasteiger partial charge in [-0.2, -0.15) is 0 Å². The SMILES string of the molecule is C=C(C)c1ccc(N2CCN(C(=O)CN3CCC(C(=O)Nc4ccc(O)cc4Cl)C3)CC2)cc1. The van der Waals surface area contributed by atoms with Gasteiger partial charge in [0.25, 0.3) is 0 Å². The summed E-state index contributed by atoms with van der Waals surface area (Å²) in [7, 11) is 0. The van der Waals surface area contributed by atoms with Crippen molar-refractivity contribution >= 4 is 40.4 Å². The third-order valence-corrected chi connectivity index (χ3v) is 6.88. The molecule has 2 aliphatic rings. The van der Waals surface area contributed by atoms with Gasteiger partial charge in [0.05, 0.1) is 23.2 Å². The van der Waals surface area contributed by atoms with Gasteiger partial charge >= 0.3 is 0 Å². The third-order valence-electron chi connectivity index (χ3n) is 6.57. The lowest BCUT2D eigenvalue weighted by atomic mass is 10.1. The Labute approximate surface area is 205 Å². The number of allylic oxidation sites excluding steroid dienone is 1. The Morgan fingerprint density at radius 3 is 2.44 bits per heavy atom. The summed E-state index contributed by atoms with van der Waals surface area (Å²) in [5.41, 5.74) is 3.83. The topological polar surface area (TPSA) is 76.1 Å². The molecular weight excluding hydrogens is 452 g/mol. The Hall–Kier alpha value is -3.03. The number of carbonyl (C=O) groups is 2. The average molecular weight is 483 g/mol. The molecule has 0 spiro atoms. The lowest BCUT2D eigenvalue weighted by Gasteiger charge is -2.36. The van der Waals surface area contributed by atoms with Crippen molar-refractivity contribution in [2.45, 2.75) is 13.3 Å². The van der Waals surface area contributed by atoms with Crippen molar-refractivity contribution in [3.8, 4) is 5.75 Å². The number of phenolic OH excluding ortho intramolecular Hbond substituents is 1. The molecule has 2 saturated heterocycles. The maximum Gasteiger partial charge on any atom is 0.236 e. The summed E-state index contributed by atoms with van der Waals surface area (Å²) in [5, 5.41) is 12.6. The number of piperazine rings is 1. The molecule has 180 valence electrons. The Kier molecular flexibility index (Phi) is 7.44. The zero-order chi connectivity index (χ0) is 24.2. The van der Waals surface area contributed by atoms with E-state index < -0.39 is 0 Å². The highest BCUT2D eigenvalue weighted by Crippen LogP contribution is 2.27. The monoisotopic (exact) mass is 482 g/mol. The number of nitrogens with zero attached hydrogens (tertiary/aromatic N) is 3. The van der Waals surface area contributed by atoms with Gasteiger partial charge in [-0.15, -0.1) is 0 Å². The van der Waals surface area contributed by atoms with Crippen LogP contribution in [-0.2, 0) is 9.59 Å². The van der Waals surface area contributed by atoms with E-state index in [0.717, 1.165) is 24.2 Å². The molecule has 0 radical (unpaired) electrons. The van der Waals surface area contributed by atoms with E-state index in [-0.39, 0.29) is 23.5 Å². The second kappa shape index (κ2) is 10.5. The van der Waals surface area contributed by atoms with E-state index in [0.29, 0.717) is 49.9 Å². The summed E-state index contributed by atoms with van der Waals surface area (Å²) in [6.07, 6.45) is 0.697. The standard InChI is InChI=1S/C26H31ClN4O3/c1-18(2)19-3-5-21(6-4-19)30-11-13-31(14-12-30)25(33)17-29-10-9-20(16-29)26(34)28-24-8-7-22(32)15-23(24)27/h3-8,15,20,32H,1,9-14,16-17H2,2H3,(H,28,34). The number of likely N-dealkylation sites (tertiary alicyclic amines) is 1. The smallest absolute Gasteiger partial charge is 0.236 e. The Balaban J connectivity index is 1.23. The average Bonchev–Trinajstić information content (AvgIpc) is 3.29. The molecule has 0 bridgehead atoms. The maximum absolute atomic E-state index is 12.9. The molecule has 2 amide bonds. The molecule has 7 nitrogen and oxygen atoms in total. The Bertz CT molecular complexity index is 1060. The highest BCUT2D eigenvalue weighted by atomic mass is 35.5. The minimum absolute atomic E-state index is 0.0510. The highest BCUT2D eigenvalue weighted by Gasteiger charge is 2.31. The van der Waals surface area contributed by atoms with Gasteiger partial charge in [-0.3, -0.25) is 14.5 Å². The van der Waals surface area contributed by atoms with Crippen molar-refractivity contribution in [3.63, 3.8) is 0 Å². The van der Waals surface area contributed by atoms with Crippen LogP contribution >= 0.6 is 11.6 Å². The van der Waals surface area contributed by atoms with Gasteiger partial charge in [0.2, 0.25) is 11.8 Å². The van der Waals surface area contributed by atoms with E-state index in [4.69, 9.17) is 11.6 Å². The van der Waals surface area contributed by atoms with Crippen molar-refractivity contribution in [1.82, 2.24) is 9.80 Å². The van der Waals surface area contributed by atoms with Crippen molar-refractivity contribution < 1.29 is 14.7 Å². The number of halogens is 1. The van der Waals surface area contributed by atoms with Crippen LogP contribution < -0.4 is 10.2 Å². The first-order valence-electron chi connectivity index (χ1n) is 11.6. The lowest BCUT2D eigenvalue weighted by molar-refractivity contribution is -0.132. The van der Waals surface area contributed by atoms with E-state index in [2.05, 4.69) is 41.1 Å². The first kappa shape index (κ1) is 24.1. The summed E-state index contributed by atoms with van der Waals surface area (Å²) in [6, 6.07) is 12.9. The molecule has 2 aliphatic heterocycles. The predicted octanol–water partition coefficient (Wildman–Crippen LogP) is 3.69. The molecule has 2 aromatic carbocycles. The van der Waals surface area contributed by atoms with Crippen LogP contribution in [0, 0.1) is 5.92 Å². The van der Waals surface area contributed by atoms with Crippen molar-refractivity contribution in [1.29, 1.82) is 0 Å². The van der Waals surface area contributed by atoms with Gasteiger partial charge in [0.1, 0.15) is 5.75 Å². The molecule has 1 atom stereocenters. The van der Waals surface area contributed by atoms with Gasteiger partial charge in [-0.25, -0.2) is 0 Å². The molecule has 2 heterocycles. The number of carbonyl (C=O) groups excluding carboxylic acids is 2.